The van der Waals surface area contributed by atoms with Gasteiger partial charge in [-0.2, -0.15) is 0 Å². The number of imidazole rings is 1. The molecule has 0 saturated heterocycles. The predicted octanol–water partition coefficient (Wildman–Crippen LogP) is 5.30. The number of alkyl halides is 3. The Balaban J connectivity index is 2.41. The van der Waals surface area contributed by atoms with Gasteiger partial charge in [0.2, 0.25) is 5.75 Å². The Kier molecular flexibility index (Phi) is 6.61. The molecule has 1 amide bonds. The number of quaternary nitrogens is 1. The van der Waals surface area contributed by atoms with Gasteiger partial charge in [0.15, 0.2) is 0 Å². The number of nitrogens with zero attached hydrogens (tertiary/aromatic N) is 3. The van der Waals surface area contributed by atoms with Crippen LogP contribution in [0.25, 0.3) is 0 Å². The molecule has 11 heteroatoms. The normalized spacial score (nSPS) is 13.9. The highest BCUT2D eigenvalue weighted by atomic mass is 35.5. The highest BCUT2D eigenvalue weighted by molar-refractivity contribution is 6.37. The van der Waals surface area contributed by atoms with Gasteiger partial charge in [-0.05, 0) is 13.3 Å². The first kappa shape index (κ1) is 21.3. The van der Waals surface area contributed by atoms with E-state index in [1.165, 1.54) is 23.3 Å². The van der Waals surface area contributed by atoms with Crippen molar-refractivity contribution < 1.29 is 32.2 Å². The molecule has 0 saturated carbocycles. The van der Waals surface area contributed by atoms with E-state index in [-0.39, 0.29) is 28.9 Å². The van der Waals surface area contributed by atoms with Crippen LogP contribution in [0, 0.1) is 0 Å². The summed E-state index contributed by atoms with van der Waals surface area (Å²) in [6.07, 6.45) is -0.0743. The lowest BCUT2D eigenvalue weighted by molar-refractivity contribution is -1.01. The van der Waals surface area contributed by atoms with E-state index in [2.05, 4.69) is 9.72 Å². The Morgan fingerprint density at radius 2 is 1.89 bits per heavy atom. The summed E-state index contributed by atoms with van der Waals surface area (Å²) >= 11 is 12.1. The van der Waals surface area contributed by atoms with Crippen LogP contribution in [0.1, 0.15) is 20.3 Å². The minimum absolute atomic E-state index is 0.114. The van der Waals surface area contributed by atoms with Gasteiger partial charge in [0.05, 0.1) is 10.0 Å². The van der Waals surface area contributed by atoms with Crippen molar-refractivity contribution in [1.29, 1.82) is 0 Å². The molecule has 0 N–H and O–H groups in total. The molecule has 27 heavy (non-hydrogen) atoms. The van der Waals surface area contributed by atoms with Crippen molar-refractivity contribution in [2.24, 2.45) is 0 Å². The summed E-state index contributed by atoms with van der Waals surface area (Å²) in [6, 6.07) is 1.40. The number of halogens is 5. The van der Waals surface area contributed by atoms with Gasteiger partial charge in [-0.3, -0.25) is 0 Å². The second kappa shape index (κ2) is 8.37. The van der Waals surface area contributed by atoms with Gasteiger partial charge in [0.1, 0.15) is 25.2 Å². The van der Waals surface area contributed by atoms with E-state index in [0.717, 1.165) is 12.1 Å². The molecule has 1 unspecified atom stereocenters. The molecule has 1 aromatic heterocycles. The van der Waals surface area contributed by atoms with E-state index in [1.807, 2.05) is 6.92 Å². The zero-order valence-electron chi connectivity index (χ0n) is 14.5. The van der Waals surface area contributed by atoms with Gasteiger partial charge in [-0.15, -0.1) is 13.2 Å². The van der Waals surface area contributed by atoms with Crippen LogP contribution in [0.2, 0.25) is 10.0 Å². The Hall–Kier alpha value is -1.97. The SMILES string of the molecule is CCC[N+](CC)(Oc1c(Cl)cc(OC(F)(F)F)cc1Cl)C(=O)n1ccnc1. The summed E-state index contributed by atoms with van der Waals surface area (Å²) in [5.74, 6) is -0.701. The van der Waals surface area contributed by atoms with Crippen molar-refractivity contribution in [2.45, 2.75) is 26.6 Å². The summed E-state index contributed by atoms with van der Waals surface area (Å²) < 4.78 is 41.8. The van der Waals surface area contributed by atoms with Crippen LogP contribution >= 0.6 is 23.2 Å². The van der Waals surface area contributed by atoms with Crippen molar-refractivity contribution in [2.75, 3.05) is 13.1 Å². The molecule has 0 fully saturated rings. The first-order valence-corrected chi connectivity index (χ1v) is 8.71. The van der Waals surface area contributed by atoms with Gasteiger partial charge in [-0.25, -0.2) is 14.3 Å². The molecule has 148 valence electrons. The molecule has 2 rings (SSSR count). The van der Waals surface area contributed by atoms with E-state index in [1.54, 1.807) is 6.92 Å². The minimum atomic E-state index is -4.89. The topological polar surface area (TPSA) is 53.4 Å². The Bertz CT molecular complexity index is 777. The smallest absolute Gasteiger partial charge is 0.406 e. The average Bonchev–Trinajstić information content (AvgIpc) is 3.09. The summed E-state index contributed by atoms with van der Waals surface area (Å²) in [7, 11) is 0. The molecule has 0 aliphatic carbocycles. The zero-order chi connectivity index (χ0) is 20.2. The molecule has 0 bridgehead atoms. The fraction of sp³-hybridized carbons (Fsp3) is 0.375. The molecule has 0 radical (unpaired) electrons. The van der Waals surface area contributed by atoms with Crippen LogP contribution in [0.5, 0.6) is 11.5 Å². The number of carbonyl (C=O) groups is 1. The predicted molar refractivity (Wildman–Crippen MR) is 92.8 cm³/mol. The fourth-order valence-electron chi connectivity index (χ4n) is 2.47. The lowest BCUT2D eigenvalue weighted by Gasteiger charge is -2.32. The number of amides is 1. The number of ether oxygens (including phenoxy) is 1. The molecule has 2 aromatic rings. The Labute approximate surface area is 163 Å². The summed E-state index contributed by atoms with van der Waals surface area (Å²) in [5, 5.41) is -0.431. The Morgan fingerprint density at radius 3 is 2.33 bits per heavy atom. The number of hydrogen-bond acceptors (Lipinski definition) is 4. The maximum absolute atomic E-state index is 12.9. The number of rotatable bonds is 6. The van der Waals surface area contributed by atoms with Gasteiger partial charge in [-0.1, -0.05) is 34.8 Å². The second-order valence-corrected chi connectivity index (χ2v) is 6.35. The molecule has 1 atom stereocenters. The number of benzene rings is 1. The lowest BCUT2D eigenvalue weighted by atomic mass is 10.3. The van der Waals surface area contributed by atoms with Crippen LogP contribution < -0.4 is 9.57 Å². The molecule has 1 aromatic carbocycles. The van der Waals surface area contributed by atoms with E-state index in [4.69, 9.17) is 28.0 Å². The highest BCUT2D eigenvalue weighted by Crippen LogP contribution is 2.40. The third-order valence-corrected chi connectivity index (χ3v) is 4.20. The molecule has 0 spiro atoms. The number of hydrogen-bond donors (Lipinski definition) is 0. The van der Waals surface area contributed by atoms with Gasteiger partial charge < -0.3 is 9.57 Å². The highest BCUT2D eigenvalue weighted by Gasteiger charge is 2.41. The van der Waals surface area contributed by atoms with E-state index in [9.17, 15) is 18.0 Å². The quantitative estimate of drug-likeness (QED) is 0.464. The summed E-state index contributed by atoms with van der Waals surface area (Å²) in [6.45, 7) is 4.09. The van der Waals surface area contributed by atoms with Crippen molar-refractivity contribution in [1.82, 2.24) is 9.55 Å². The fourth-order valence-corrected chi connectivity index (χ4v) is 3.01. The Morgan fingerprint density at radius 1 is 1.26 bits per heavy atom. The van der Waals surface area contributed by atoms with Crippen molar-refractivity contribution in [3.63, 3.8) is 0 Å². The number of hydroxylamine groups is 3. The first-order chi connectivity index (χ1) is 12.6. The standard InChI is InChI=1S/C16H17Cl2F3N3O3/c1-3-7-24(4-2,15(25)23-6-5-22-10-23)27-14-12(17)8-11(9-13(14)18)26-16(19,20)21/h5-6,8-10H,3-4,7H2,1-2H3/q+1. The van der Waals surface area contributed by atoms with Crippen molar-refractivity contribution >= 4 is 29.2 Å². The maximum atomic E-state index is 12.9. The van der Waals surface area contributed by atoms with Gasteiger partial charge in [0, 0.05) is 24.5 Å². The third-order valence-electron chi connectivity index (χ3n) is 3.64. The third kappa shape index (κ3) is 5.06. The van der Waals surface area contributed by atoms with Crippen LogP contribution in [0.4, 0.5) is 18.0 Å². The lowest BCUT2D eigenvalue weighted by Crippen LogP contribution is -2.57. The van der Waals surface area contributed by atoms with Crippen LogP contribution in [-0.4, -0.2) is 39.7 Å². The molecular formula is C16H17Cl2F3N3O3+. The average molecular weight is 427 g/mol. The number of aromatic nitrogens is 2. The van der Waals surface area contributed by atoms with E-state index >= 15 is 0 Å². The largest absolute Gasteiger partial charge is 0.573 e. The maximum Gasteiger partial charge on any atom is 0.573 e. The monoisotopic (exact) mass is 426 g/mol. The molecule has 0 aliphatic rings. The van der Waals surface area contributed by atoms with Crippen LogP contribution in [0.3, 0.4) is 0 Å². The van der Waals surface area contributed by atoms with Crippen molar-refractivity contribution in [3.8, 4) is 11.5 Å². The van der Waals surface area contributed by atoms with Crippen LogP contribution in [0.15, 0.2) is 30.9 Å². The molecular weight excluding hydrogens is 410 g/mol. The summed E-state index contributed by atoms with van der Waals surface area (Å²) in [4.78, 5) is 22.6. The zero-order valence-corrected chi connectivity index (χ0v) is 16.0. The second-order valence-electron chi connectivity index (χ2n) is 5.54. The van der Waals surface area contributed by atoms with Gasteiger partial charge in [0.25, 0.3) is 0 Å². The molecule has 1 heterocycles. The van der Waals surface area contributed by atoms with Crippen LogP contribution in [-0.2, 0) is 0 Å². The molecule has 6 nitrogen and oxygen atoms in total. The minimum Gasteiger partial charge on any atom is -0.406 e. The van der Waals surface area contributed by atoms with E-state index < -0.39 is 22.8 Å². The summed E-state index contributed by atoms with van der Waals surface area (Å²) in [5.41, 5.74) is 0. The molecule has 0 aliphatic heterocycles. The van der Waals surface area contributed by atoms with Gasteiger partial charge >= 0.3 is 12.4 Å². The van der Waals surface area contributed by atoms with E-state index in [0.29, 0.717) is 6.42 Å². The van der Waals surface area contributed by atoms with Crippen molar-refractivity contribution in [3.05, 3.63) is 40.9 Å². The number of carbonyl (C=O) groups excluding carboxylic acids is 1. The first-order valence-electron chi connectivity index (χ1n) is 7.96.